The predicted molar refractivity (Wildman–Crippen MR) is 120 cm³/mol. The van der Waals surface area contributed by atoms with Gasteiger partial charge in [0.1, 0.15) is 5.69 Å². The van der Waals surface area contributed by atoms with Gasteiger partial charge in [0.25, 0.3) is 5.69 Å². The maximum Gasteiger partial charge on any atom is 0.293 e. The molecule has 0 atom stereocenters. The van der Waals surface area contributed by atoms with Gasteiger partial charge >= 0.3 is 0 Å². The number of nitrogens with zero attached hydrogens (tertiary/aromatic N) is 2. The van der Waals surface area contributed by atoms with Crippen molar-refractivity contribution < 1.29 is 14.5 Å². The lowest BCUT2D eigenvalue weighted by atomic mass is 10.1. The summed E-state index contributed by atoms with van der Waals surface area (Å²) < 4.78 is 0. The molecule has 0 aromatic heterocycles. The topological polar surface area (TPSA) is 105 Å². The normalized spacial score (nSPS) is 10.6. The molecule has 1 aromatic carbocycles. The van der Waals surface area contributed by atoms with Crippen LogP contribution in [0, 0.1) is 10.1 Å². The number of hydrogen-bond donors (Lipinski definition) is 2. The quantitative estimate of drug-likeness (QED) is 0.181. The van der Waals surface area contributed by atoms with Crippen LogP contribution in [-0.2, 0) is 4.79 Å². The van der Waals surface area contributed by atoms with Gasteiger partial charge in [0.05, 0.1) is 11.5 Å². The molecule has 168 valence electrons. The molecule has 8 heteroatoms. The fraction of sp³-hybridized carbons (Fsp3) is 0.636. The Morgan fingerprint density at radius 3 is 2.47 bits per heavy atom. The predicted octanol–water partition coefficient (Wildman–Crippen LogP) is 4.01. The minimum atomic E-state index is -0.451. The highest BCUT2D eigenvalue weighted by atomic mass is 16.6. The Kier molecular flexibility index (Phi) is 12.3. The Bertz CT molecular complexity index is 694. The Morgan fingerprint density at radius 1 is 1.07 bits per heavy atom. The van der Waals surface area contributed by atoms with E-state index in [4.69, 9.17) is 0 Å². The number of hydrogen-bond acceptors (Lipinski definition) is 6. The number of Topliss-reactive ketones (excluding diaryl/α,β-unsaturated/α-hetero) is 1. The second-order valence-corrected chi connectivity index (χ2v) is 7.50. The summed E-state index contributed by atoms with van der Waals surface area (Å²) in [7, 11) is 1.82. The molecule has 0 fully saturated rings. The second kappa shape index (κ2) is 14.5. The van der Waals surface area contributed by atoms with Crippen LogP contribution in [0.25, 0.3) is 0 Å². The van der Waals surface area contributed by atoms with Crippen LogP contribution in [0.4, 0.5) is 11.4 Å². The lowest BCUT2D eigenvalue weighted by molar-refractivity contribution is -0.384. The van der Waals surface area contributed by atoms with Crippen molar-refractivity contribution in [3.05, 3.63) is 33.9 Å². The number of carbonyl (C=O) groups is 2. The van der Waals surface area contributed by atoms with Crippen LogP contribution < -0.4 is 10.6 Å². The number of nitro groups is 1. The molecule has 1 aromatic rings. The lowest BCUT2D eigenvalue weighted by Crippen LogP contribution is -2.36. The Hall–Kier alpha value is -2.48. The number of likely N-dealkylation sites (N-methyl/N-ethyl adjacent to an activating group) is 1. The smallest absolute Gasteiger partial charge is 0.293 e. The number of nitro benzene ring substituents is 1. The molecular formula is C22H36N4O4. The third-order valence-corrected chi connectivity index (χ3v) is 4.86. The molecule has 0 saturated carbocycles. The van der Waals surface area contributed by atoms with Crippen LogP contribution in [-0.4, -0.2) is 54.7 Å². The molecule has 0 saturated heterocycles. The zero-order valence-corrected chi connectivity index (χ0v) is 18.5. The number of ketones is 1. The monoisotopic (exact) mass is 420 g/mol. The molecule has 1 rings (SSSR count). The van der Waals surface area contributed by atoms with Gasteiger partial charge < -0.3 is 15.5 Å². The first kappa shape index (κ1) is 25.6. The molecule has 0 bridgehead atoms. The van der Waals surface area contributed by atoms with Gasteiger partial charge in [-0.05, 0) is 44.4 Å². The molecule has 2 N–H and O–H groups in total. The van der Waals surface area contributed by atoms with Crippen LogP contribution in [0.5, 0.6) is 0 Å². The van der Waals surface area contributed by atoms with Gasteiger partial charge in [-0.25, -0.2) is 0 Å². The number of benzene rings is 1. The molecular weight excluding hydrogens is 384 g/mol. The summed E-state index contributed by atoms with van der Waals surface area (Å²) in [5.74, 6) is 0.0371. The van der Waals surface area contributed by atoms with E-state index < -0.39 is 4.92 Å². The largest absolute Gasteiger partial charge is 0.379 e. The maximum atomic E-state index is 12.0. The van der Waals surface area contributed by atoms with E-state index >= 15 is 0 Å². The highest BCUT2D eigenvalue weighted by Gasteiger charge is 2.17. The molecule has 0 unspecified atom stereocenters. The number of carbonyl (C=O) groups excluding carboxylic acids is 2. The first-order chi connectivity index (χ1) is 14.4. The second-order valence-electron chi connectivity index (χ2n) is 7.50. The van der Waals surface area contributed by atoms with Gasteiger partial charge in [0.2, 0.25) is 5.91 Å². The summed E-state index contributed by atoms with van der Waals surface area (Å²) in [5, 5.41) is 17.6. The fourth-order valence-electron chi connectivity index (χ4n) is 3.06. The molecule has 0 aliphatic carbocycles. The van der Waals surface area contributed by atoms with Crippen molar-refractivity contribution >= 4 is 23.1 Å². The molecule has 8 nitrogen and oxygen atoms in total. The van der Waals surface area contributed by atoms with E-state index in [9.17, 15) is 19.7 Å². The Morgan fingerprint density at radius 2 is 1.80 bits per heavy atom. The first-order valence-corrected chi connectivity index (χ1v) is 10.9. The van der Waals surface area contributed by atoms with Crippen molar-refractivity contribution in [2.75, 3.05) is 38.5 Å². The van der Waals surface area contributed by atoms with Crippen LogP contribution in [0.15, 0.2) is 18.2 Å². The first-order valence-electron chi connectivity index (χ1n) is 10.9. The maximum absolute atomic E-state index is 12.0. The van der Waals surface area contributed by atoms with E-state index in [0.717, 1.165) is 45.2 Å². The van der Waals surface area contributed by atoms with Gasteiger partial charge in [-0.3, -0.25) is 19.7 Å². The minimum Gasteiger partial charge on any atom is -0.379 e. The number of unbranched alkanes of at least 4 members (excludes halogenated alkanes) is 3. The van der Waals surface area contributed by atoms with Gasteiger partial charge in [-0.15, -0.1) is 0 Å². The van der Waals surface area contributed by atoms with Crippen molar-refractivity contribution in [3.63, 3.8) is 0 Å². The van der Waals surface area contributed by atoms with E-state index in [-0.39, 0.29) is 17.4 Å². The van der Waals surface area contributed by atoms with Gasteiger partial charge in [0.15, 0.2) is 5.78 Å². The van der Waals surface area contributed by atoms with Crippen molar-refractivity contribution in [3.8, 4) is 0 Å². The number of nitrogens with one attached hydrogen (secondary N) is 2. The lowest BCUT2D eigenvalue weighted by Gasteiger charge is -2.17. The average molecular weight is 421 g/mol. The summed E-state index contributed by atoms with van der Waals surface area (Å²) in [6, 6.07) is 4.63. The molecule has 0 heterocycles. The van der Waals surface area contributed by atoms with Crippen LogP contribution in [0.3, 0.4) is 0 Å². The van der Waals surface area contributed by atoms with Crippen molar-refractivity contribution in [1.29, 1.82) is 0 Å². The zero-order chi connectivity index (χ0) is 22.4. The zero-order valence-electron chi connectivity index (χ0n) is 18.5. The number of rotatable bonds is 16. The molecule has 0 aliphatic heterocycles. The van der Waals surface area contributed by atoms with E-state index in [1.807, 2.05) is 14.0 Å². The third kappa shape index (κ3) is 9.35. The molecule has 0 spiro atoms. The highest BCUT2D eigenvalue weighted by molar-refractivity contribution is 5.97. The Balaban J connectivity index is 2.33. The molecule has 0 radical (unpaired) electrons. The van der Waals surface area contributed by atoms with Gasteiger partial charge in [-0.1, -0.05) is 26.7 Å². The molecule has 1 amide bonds. The number of anilines is 1. The summed E-state index contributed by atoms with van der Waals surface area (Å²) >= 11 is 0. The van der Waals surface area contributed by atoms with Crippen LogP contribution >= 0.6 is 0 Å². The fourth-order valence-corrected chi connectivity index (χ4v) is 3.06. The van der Waals surface area contributed by atoms with Crippen molar-refractivity contribution in [2.45, 2.75) is 58.8 Å². The summed E-state index contributed by atoms with van der Waals surface area (Å²) in [6.45, 7) is 6.57. The highest BCUT2D eigenvalue weighted by Crippen LogP contribution is 2.26. The van der Waals surface area contributed by atoms with Crippen LogP contribution in [0.1, 0.15) is 69.2 Å². The van der Waals surface area contributed by atoms with E-state index in [1.165, 1.54) is 6.07 Å². The SMILES string of the molecule is CCCNCC(=O)N(C)CCCCCCNc1ccc(C(=O)CCC)cc1[N+](=O)[O-]. The summed E-state index contributed by atoms with van der Waals surface area (Å²) in [5.41, 5.74) is 0.768. The standard InChI is InChI=1S/C22H36N4O4/c1-4-10-21(27)18-11-12-19(20(16-18)26(29)30)24-14-8-6-7-9-15-25(3)22(28)17-23-13-5-2/h11-12,16,23-24H,4-10,13-15,17H2,1-3H3. The van der Waals surface area contributed by atoms with E-state index in [1.54, 1.807) is 17.0 Å². The molecule has 30 heavy (non-hydrogen) atoms. The van der Waals surface area contributed by atoms with Crippen molar-refractivity contribution in [1.82, 2.24) is 10.2 Å². The average Bonchev–Trinajstić information content (AvgIpc) is 2.73. The number of amides is 1. The summed E-state index contributed by atoms with van der Waals surface area (Å²) in [4.78, 5) is 36.5. The van der Waals surface area contributed by atoms with Gasteiger partial charge in [-0.2, -0.15) is 0 Å². The van der Waals surface area contributed by atoms with E-state index in [2.05, 4.69) is 17.6 Å². The van der Waals surface area contributed by atoms with Gasteiger partial charge in [0, 0.05) is 38.2 Å². The van der Waals surface area contributed by atoms with Crippen molar-refractivity contribution in [2.24, 2.45) is 0 Å². The van der Waals surface area contributed by atoms with Crippen LogP contribution in [0.2, 0.25) is 0 Å². The molecule has 0 aliphatic rings. The minimum absolute atomic E-state index is 0.0613. The summed E-state index contributed by atoms with van der Waals surface area (Å²) in [6.07, 6.45) is 5.90. The third-order valence-electron chi connectivity index (χ3n) is 4.86. The van der Waals surface area contributed by atoms with E-state index in [0.29, 0.717) is 37.2 Å². The Labute approximate surface area is 179 Å².